The van der Waals surface area contributed by atoms with Crippen LogP contribution in [0.5, 0.6) is 0 Å². The van der Waals surface area contributed by atoms with Crippen molar-refractivity contribution in [1.29, 1.82) is 0 Å². The molecule has 0 bridgehead atoms. The fourth-order valence-corrected chi connectivity index (χ4v) is 3.20. The number of hydrogen-bond acceptors (Lipinski definition) is 8. The van der Waals surface area contributed by atoms with Crippen LogP contribution >= 0.6 is 0 Å². The average Bonchev–Trinajstić information content (AvgIpc) is 3.27. The van der Waals surface area contributed by atoms with Crippen LogP contribution in [-0.2, 0) is 14.2 Å². The molecule has 12 heteroatoms. The summed E-state index contributed by atoms with van der Waals surface area (Å²) in [5, 5.41) is 5.32. The van der Waals surface area contributed by atoms with Crippen molar-refractivity contribution < 1.29 is 28.6 Å². The lowest BCUT2D eigenvalue weighted by Crippen LogP contribution is -2.53. The molecule has 0 aromatic rings. The summed E-state index contributed by atoms with van der Waals surface area (Å²) < 4.78 is 14.4. The molecule has 1 fully saturated rings. The minimum absolute atomic E-state index is 0.112. The topological polar surface area (TPSA) is 148 Å². The number of aliphatic imine (C=N–C) groups is 1. The monoisotopic (exact) mass is 394 g/mol. The Kier molecular flexibility index (Phi) is 5.57. The van der Waals surface area contributed by atoms with Gasteiger partial charge in [-0.1, -0.05) is 18.2 Å². The van der Waals surface area contributed by atoms with Crippen LogP contribution in [0.15, 0.2) is 29.3 Å². The van der Waals surface area contributed by atoms with Crippen LogP contribution in [0.2, 0.25) is 0 Å². The van der Waals surface area contributed by atoms with Crippen LogP contribution in [0.1, 0.15) is 0 Å². The molecule has 1 saturated heterocycles. The zero-order chi connectivity index (χ0) is 20.3. The van der Waals surface area contributed by atoms with Crippen molar-refractivity contribution in [3.63, 3.8) is 0 Å². The Morgan fingerprint density at radius 2 is 1.79 bits per heavy atom. The largest absolute Gasteiger partial charge is 0.454 e. The molecule has 0 aromatic heterocycles. The van der Waals surface area contributed by atoms with Gasteiger partial charge in [0.25, 0.3) is 6.02 Å². The smallest absolute Gasteiger partial charge is 0.411 e. The number of amides is 4. The number of rotatable bonds is 0. The Morgan fingerprint density at radius 3 is 2.50 bits per heavy atom. The van der Waals surface area contributed by atoms with Crippen molar-refractivity contribution in [3.8, 4) is 0 Å². The fourth-order valence-electron chi connectivity index (χ4n) is 3.20. The van der Waals surface area contributed by atoms with E-state index in [1.807, 2.05) is 24.3 Å². The Hall–Kier alpha value is -3.44. The zero-order valence-electron chi connectivity index (χ0n) is 15.4. The summed E-state index contributed by atoms with van der Waals surface area (Å²) >= 11 is 0. The fraction of sp³-hybridized carbons (Fsp3) is 0.500. The molecule has 0 aromatic carbocycles. The molecule has 0 spiro atoms. The summed E-state index contributed by atoms with van der Waals surface area (Å²) in [5.41, 5.74) is 5.41. The number of hydrogen-bond donors (Lipinski definition) is 3. The van der Waals surface area contributed by atoms with E-state index in [9.17, 15) is 14.4 Å². The van der Waals surface area contributed by atoms with Crippen LogP contribution in [0, 0.1) is 0 Å². The maximum atomic E-state index is 11.3. The molecule has 4 atom stereocenters. The number of amidine groups is 1. The lowest BCUT2D eigenvalue weighted by atomic mass is 10.1. The number of urea groups is 1. The Morgan fingerprint density at radius 1 is 1.14 bits per heavy atom. The number of carbonyl (C=O) groups is 3. The summed E-state index contributed by atoms with van der Waals surface area (Å²) in [5.74, 6) is 0. The van der Waals surface area contributed by atoms with Gasteiger partial charge >= 0.3 is 18.2 Å². The molecule has 28 heavy (non-hydrogen) atoms. The second-order valence-corrected chi connectivity index (χ2v) is 6.15. The molecule has 4 heterocycles. The third-order valence-electron chi connectivity index (χ3n) is 4.47. The van der Waals surface area contributed by atoms with Gasteiger partial charge in [0.05, 0.1) is 20.3 Å². The van der Waals surface area contributed by atoms with Crippen LogP contribution < -0.4 is 16.4 Å². The standard InChI is InChI=1S/2C8H11N3O3/c1-13-8(12)11-4-2-3-5-6(11)10-7(9)14-5;1-14-8(13)11-4-2-3-5-6(11)10-7(12)9-5/h2-3,5-6H,4H2,1H3,(H2,9,10);2-3,5-6H,4H2,1H3,(H2,9,10,12). The predicted octanol–water partition coefficient (Wildman–Crippen LogP) is -0.704. The number of ether oxygens (including phenoxy) is 3. The van der Waals surface area contributed by atoms with Crippen molar-refractivity contribution in [2.24, 2.45) is 10.7 Å². The third kappa shape index (κ3) is 3.80. The van der Waals surface area contributed by atoms with Crippen LogP contribution in [0.25, 0.3) is 0 Å². The molecule has 152 valence electrons. The van der Waals surface area contributed by atoms with Gasteiger partial charge in [0.2, 0.25) is 0 Å². The van der Waals surface area contributed by atoms with Gasteiger partial charge in [-0.15, -0.1) is 0 Å². The lowest BCUT2D eigenvalue weighted by Gasteiger charge is -2.31. The number of nitrogens with two attached hydrogens (primary N) is 1. The van der Waals surface area contributed by atoms with E-state index >= 15 is 0 Å². The first-order valence-electron chi connectivity index (χ1n) is 8.54. The molecule has 4 amide bonds. The number of nitrogens with zero attached hydrogens (tertiary/aromatic N) is 3. The molecule has 12 nitrogen and oxygen atoms in total. The first kappa shape index (κ1) is 19.3. The summed E-state index contributed by atoms with van der Waals surface area (Å²) in [6.07, 6.45) is 5.50. The van der Waals surface area contributed by atoms with Gasteiger partial charge in [-0.3, -0.25) is 9.80 Å². The van der Waals surface area contributed by atoms with E-state index in [0.717, 1.165) is 0 Å². The second kappa shape index (κ2) is 8.06. The molecule has 4 rings (SSSR count). The Labute approximate surface area is 160 Å². The maximum absolute atomic E-state index is 11.3. The van der Waals surface area contributed by atoms with E-state index in [1.165, 1.54) is 24.0 Å². The SMILES string of the molecule is COC(=O)N1CC=CC2NC(=O)NC21.COC(=O)N1CC=CC2OC(N)=NC21. The summed E-state index contributed by atoms with van der Waals surface area (Å²) in [6.45, 7) is 0.920. The van der Waals surface area contributed by atoms with Gasteiger partial charge < -0.3 is 30.6 Å². The Bertz CT molecular complexity index is 737. The van der Waals surface area contributed by atoms with E-state index < -0.39 is 12.2 Å². The summed E-state index contributed by atoms with van der Waals surface area (Å²) in [6, 6.07) is -0.309. The maximum Gasteiger partial charge on any atom is 0.411 e. The van der Waals surface area contributed by atoms with Gasteiger partial charge in [-0.05, 0) is 6.08 Å². The van der Waals surface area contributed by atoms with Gasteiger partial charge in [-0.25, -0.2) is 19.4 Å². The molecule has 4 N–H and O–H groups in total. The number of nitrogens with one attached hydrogen (secondary N) is 2. The number of fused-ring (bicyclic) bond motifs is 2. The highest BCUT2D eigenvalue weighted by atomic mass is 16.6. The molecular weight excluding hydrogens is 372 g/mol. The van der Waals surface area contributed by atoms with Gasteiger partial charge in [0.1, 0.15) is 6.17 Å². The molecule has 4 unspecified atom stereocenters. The van der Waals surface area contributed by atoms with E-state index in [-0.39, 0.29) is 36.5 Å². The Balaban J connectivity index is 0.000000161. The predicted molar refractivity (Wildman–Crippen MR) is 96.0 cm³/mol. The van der Waals surface area contributed by atoms with Crippen LogP contribution in [-0.4, -0.2) is 85.8 Å². The van der Waals surface area contributed by atoms with E-state index in [0.29, 0.717) is 13.1 Å². The molecule has 4 aliphatic rings. The first-order valence-corrected chi connectivity index (χ1v) is 8.54. The van der Waals surface area contributed by atoms with Gasteiger partial charge in [0.15, 0.2) is 12.3 Å². The van der Waals surface area contributed by atoms with Crippen molar-refractivity contribution in [1.82, 2.24) is 20.4 Å². The van der Waals surface area contributed by atoms with E-state index in [1.54, 1.807) is 0 Å². The summed E-state index contributed by atoms with van der Waals surface area (Å²) in [4.78, 5) is 40.6. The average molecular weight is 394 g/mol. The molecular formula is C16H22N6O6. The highest BCUT2D eigenvalue weighted by Crippen LogP contribution is 2.21. The first-order chi connectivity index (χ1) is 13.4. The number of carbonyl (C=O) groups excluding carboxylic acids is 3. The van der Waals surface area contributed by atoms with Crippen molar-refractivity contribution in [3.05, 3.63) is 24.3 Å². The lowest BCUT2D eigenvalue weighted by molar-refractivity contribution is 0.0831. The van der Waals surface area contributed by atoms with Crippen LogP contribution in [0.3, 0.4) is 0 Å². The summed E-state index contributed by atoms with van der Waals surface area (Å²) in [7, 11) is 2.65. The molecule has 0 saturated carbocycles. The van der Waals surface area contributed by atoms with Crippen LogP contribution in [0.4, 0.5) is 14.4 Å². The highest BCUT2D eigenvalue weighted by molar-refractivity contribution is 5.79. The zero-order valence-corrected chi connectivity index (χ0v) is 15.4. The van der Waals surface area contributed by atoms with Crippen molar-refractivity contribution >= 4 is 24.2 Å². The normalized spacial score (nSPS) is 29.2. The van der Waals surface area contributed by atoms with E-state index in [2.05, 4.69) is 25.1 Å². The quantitative estimate of drug-likeness (QED) is 0.460. The van der Waals surface area contributed by atoms with Crippen molar-refractivity contribution in [2.75, 3.05) is 27.3 Å². The molecule has 0 radical (unpaired) electrons. The van der Waals surface area contributed by atoms with Gasteiger partial charge in [0, 0.05) is 13.1 Å². The van der Waals surface area contributed by atoms with Gasteiger partial charge in [-0.2, -0.15) is 0 Å². The second-order valence-electron chi connectivity index (χ2n) is 6.15. The molecule has 4 aliphatic heterocycles. The minimum Gasteiger partial charge on any atom is -0.454 e. The highest BCUT2D eigenvalue weighted by Gasteiger charge is 2.39. The van der Waals surface area contributed by atoms with Crippen molar-refractivity contribution in [2.45, 2.75) is 24.5 Å². The molecule has 0 aliphatic carbocycles. The third-order valence-corrected chi connectivity index (χ3v) is 4.47. The minimum atomic E-state index is -0.437. The number of methoxy groups -OCH3 is 2. The van der Waals surface area contributed by atoms with E-state index in [4.69, 9.17) is 10.5 Å².